The van der Waals surface area contributed by atoms with Crippen LogP contribution in [0.4, 0.5) is 10.5 Å². The molecule has 0 radical (unpaired) electrons. The number of thioether (sulfide) groups is 1. The fraction of sp³-hybridized carbons (Fsp3) is 0.467. The minimum Gasteiger partial charge on any atom is -0.480 e. The maximum absolute atomic E-state index is 13.1. The number of fused-ring (bicyclic) bond motifs is 1. The quantitative estimate of drug-likeness (QED) is 0.161. The number of aromatic nitrogens is 2. The van der Waals surface area contributed by atoms with Crippen LogP contribution in [0.15, 0.2) is 53.7 Å². The molecule has 0 saturated carbocycles. The predicted octanol–water partition coefficient (Wildman–Crippen LogP) is 6.81. The zero-order valence-electron chi connectivity index (χ0n) is 24.3. The third kappa shape index (κ3) is 7.78. The Labute approximate surface area is 239 Å². The number of hydrogen-bond donors (Lipinski definition) is 1. The second kappa shape index (κ2) is 12.8. The maximum atomic E-state index is 13.1. The van der Waals surface area contributed by atoms with Gasteiger partial charge in [0, 0.05) is 18.0 Å². The van der Waals surface area contributed by atoms with Crippen LogP contribution in [0.2, 0.25) is 0 Å². The van der Waals surface area contributed by atoms with Crippen LogP contribution in [-0.4, -0.2) is 57.2 Å². The standard InChI is InChI=1S/C30H39N3O6S/c1-8-38-26(36)20-14-16-21(17-15-20)32(28(37)39-30(5,6)7)18-11-19-40-27-31-22-12-9-10-13-23(22)33(27)24(25(34)35)29(2,3)4/h9-10,12-17,24H,8,11,18-19H2,1-7H3,(H,34,35). The van der Waals surface area contributed by atoms with Crippen molar-refractivity contribution in [2.45, 2.75) is 71.7 Å². The summed E-state index contributed by atoms with van der Waals surface area (Å²) in [6, 6.07) is 13.4. The highest BCUT2D eigenvalue weighted by Crippen LogP contribution is 2.37. The average Bonchev–Trinajstić information content (AvgIpc) is 3.20. The number of nitrogens with zero attached hydrogens (tertiary/aromatic N) is 3. The first kappa shape index (κ1) is 31.0. The summed E-state index contributed by atoms with van der Waals surface area (Å²) in [5, 5.41) is 10.7. The molecule has 1 aromatic heterocycles. The van der Waals surface area contributed by atoms with Gasteiger partial charge < -0.3 is 19.1 Å². The topological polar surface area (TPSA) is 111 Å². The summed E-state index contributed by atoms with van der Waals surface area (Å²) < 4.78 is 12.5. The zero-order valence-corrected chi connectivity index (χ0v) is 25.1. The second-order valence-electron chi connectivity index (χ2n) is 11.5. The number of carbonyl (C=O) groups is 3. The van der Waals surface area contributed by atoms with Gasteiger partial charge in [0.2, 0.25) is 0 Å². The molecule has 216 valence electrons. The number of aliphatic carboxylic acids is 1. The monoisotopic (exact) mass is 569 g/mol. The first-order valence-corrected chi connectivity index (χ1v) is 14.3. The van der Waals surface area contributed by atoms with E-state index < -0.39 is 35.1 Å². The van der Waals surface area contributed by atoms with E-state index in [-0.39, 0.29) is 6.61 Å². The number of carboxylic acid groups (broad SMARTS) is 1. The highest BCUT2D eigenvalue weighted by Gasteiger charge is 2.36. The summed E-state index contributed by atoms with van der Waals surface area (Å²) in [7, 11) is 0. The molecule has 10 heteroatoms. The fourth-order valence-electron chi connectivity index (χ4n) is 4.26. The van der Waals surface area contributed by atoms with E-state index in [2.05, 4.69) is 0 Å². The number of carbonyl (C=O) groups excluding carboxylic acids is 2. The van der Waals surface area contributed by atoms with Gasteiger partial charge in [-0.2, -0.15) is 0 Å². The number of benzene rings is 2. The lowest BCUT2D eigenvalue weighted by atomic mass is 9.86. The molecule has 0 aliphatic carbocycles. The van der Waals surface area contributed by atoms with Crippen molar-refractivity contribution in [1.29, 1.82) is 0 Å². The Morgan fingerprint density at radius 1 is 1.02 bits per heavy atom. The maximum Gasteiger partial charge on any atom is 0.414 e. The minimum absolute atomic E-state index is 0.277. The Morgan fingerprint density at radius 2 is 1.68 bits per heavy atom. The van der Waals surface area contributed by atoms with E-state index >= 15 is 0 Å². The van der Waals surface area contributed by atoms with Gasteiger partial charge in [0.1, 0.15) is 11.6 Å². The number of carboxylic acids is 1. The molecule has 0 saturated heterocycles. The van der Waals surface area contributed by atoms with Gasteiger partial charge in [-0.15, -0.1) is 0 Å². The molecule has 1 N–H and O–H groups in total. The van der Waals surface area contributed by atoms with Crippen LogP contribution in [-0.2, 0) is 14.3 Å². The Kier molecular flexibility index (Phi) is 9.89. The van der Waals surface area contributed by atoms with Crippen LogP contribution >= 0.6 is 11.8 Å². The third-order valence-electron chi connectivity index (χ3n) is 5.94. The molecule has 40 heavy (non-hydrogen) atoms. The predicted molar refractivity (Wildman–Crippen MR) is 157 cm³/mol. The number of imidazole rings is 1. The number of ether oxygens (including phenoxy) is 2. The number of amides is 1. The van der Waals surface area contributed by atoms with Crippen molar-refractivity contribution >= 4 is 46.5 Å². The van der Waals surface area contributed by atoms with Gasteiger partial charge in [-0.25, -0.2) is 19.4 Å². The van der Waals surface area contributed by atoms with Crippen LogP contribution in [0.5, 0.6) is 0 Å². The van der Waals surface area contributed by atoms with E-state index in [0.717, 1.165) is 11.0 Å². The molecule has 0 aliphatic rings. The van der Waals surface area contributed by atoms with Crippen molar-refractivity contribution in [2.75, 3.05) is 23.8 Å². The van der Waals surface area contributed by atoms with Gasteiger partial charge in [-0.1, -0.05) is 44.7 Å². The third-order valence-corrected chi connectivity index (χ3v) is 6.98. The number of anilines is 1. The summed E-state index contributed by atoms with van der Waals surface area (Å²) in [5.41, 5.74) is 1.27. The zero-order chi connectivity index (χ0) is 29.7. The Morgan fingerprint density at radius 3 is 2.25 bits per heavy atom. The van der Waals surface area contributed by atoms with Crippen LogP contribution in [0.1, 0.15) is 71.3 Å². The van der Waals surface area contributed by atoms with E-state index in [4.69, 9.17) is 14.5 Å². The van der Waals surface area contributed by atoms with Gasteiger partial charge in [-0.3, -0.25) is 4.90 Å². The van der Waals surface area contributed by atoms with Gasteiger partial charge in [0.25, 0.3) is 0 Å². The van der Waals surface area contributed by atoms with Crippen molar-refractivity contribution in [3.63, 3.8) is 0 Å². The number of esters is 1. The average molecular weight is 570 g/mol. The number of rotatable bonds is 10. The SMILES string of the molecule is CCOC(=O)c1ccc(N(CCCSc2nc3ccccc3n2C(C(=O)O)C(C)(C)C)C(=O)OC(C)(C)C)cc1. The highest BCUT2D eigenvalue weighted by atomic mass is 32.2. The van der Waals surface area contributed by atoms with Crippen molar-refractivity contribution in [1.82, 2.24) is 9.55 Å². The first-order chi connectivity index (χ1) is 18.7. The summed E-state index contributed by atoms with van der Waals surface area (Å²) in [6.07, 6.45) is 0.0901. The molecule has 3 aromatic rings. The molecular weight excluding hydrogens is 530 g/mol. The lowest BCUT2D eigenvalue weighted by Crippen LogP contribution is -2.37. The molecule has 2 aromatic carbocycles. The molecular formula is C30H39N3O6S. The van der Waals surface area contributed by atoms with E-state index in [1.807, 2.05) is 49.6 Å². The Balaban J connectivity index is 1.82. The van der Waals surface area contributed by atoms with Crippen LogP contribution in [0.25, 0.3) is 11.0 Å². The molecule has 1 amide bonds. The van der Waals surface area contributed by atoms with Gasteiger partial charge >= 0.3 is 18.0 Å². The normalized spacial score (nSPS) is 12.7. The summed E-state index contributed by atoms with van der Waals surface area (Å²) in [5.74, 6) is -0.757. The van der Waals surface area contributed by atoms with E-state index in [1.54, 1.807) is 56.9 Å². The van der Waals surface area contributed by atoms with Gasteiger partial charge in [0.15, 0.2) is 5.16 Å². The molecule has 9 nitrogen and oxygen atoms in total. The van der Waals surface area contributed by atoms with Crippen molar-refractivity contribution < 1.29 is 29.0 Å². The van der Waals surface area contributed by atoms with E-state index in [0.29, 0.717) is 35.1 Å². The summed E-state index contributed by atoms with van der Waals surface area (Å²) in [6.45, 7) is 13.5. The summed E-state index contributed by atoms with van der Waals surface area (Å²) >= 11 is 1.46. The lowest BCUT2D eigenvalue weighted by molar-refractivity contribution is -0.144. The van der Waals surface area contributed by atoms with Crippen molar-refractivity contribution in [3.05, 3.63) is 54.1 Å². The number of para-hydroxylation sites is 2. The largest absolute Gasteiger partial charge is 0.480 e. The molecule has 1 atom stereocenters. The summed E-state index contributed by atoms with van der Waals surface area (Å²) in [4.78, 5) is 43.8. The van der Waals surface area contributed by atoms with Gasteiger partial charge in [0.05, 0.1) is 23.2 Å². The molecule has 0 fully saturated rings. The number of hydrogen-bond acceptors (Lipinski definition) is 7. The fourth-order valence-corrected chi connectivity index (χ4v) is 5.22. The van der Waals surface area contributed by atoms with Crippen molar-refractivity contribution in [3.8, 4) is 0 Å². The minimum atomic E-state index is -0.917. The van der Waals surface area contributed by atoms with E-state index in [1.165, 1.54) is 11.8 Å². The van der Waals surface area contributed by atoms with E-state index in [9.17, 15) is 19.5 Å². The molecule has 0 aliphatic heterocycles. The van der Waals surface area contributed by atoms with Crippen LogP contribution < -0.4 is 4.90 Å². The van der Waals surface area contributed by atoms with Gasteiger partial charge in [-0.05, 0) is 75.9 Å². The molecule has 0 spiro atoms. The van der Waals surface area contributed by atoms with Crippen LogP contribution in [0.3, 0.4) is 0 Å². The Bertz CT molecular complexity index is 1340. The molecule has 1 heterocycles. The molecule has 0 bridgehead atoms. The smallest absolute Gasteiger partial charge is 0.414 e. The van der Waals surface area contributed by atoms with Crippen LogP contribution in [0, 0.1) is 5.41 Å². The first-order valence-electron chi connectivity index (χ1n) is 13.3. The second-order valence-corrected chi connectivity index (χ2v) is 12.5. The highest BCUT2D eigenvalue weighted by molar-refractivity contribution is 7.99. The Hall–Kier alpha value is -3.53. The molecule has 3 rings (SSSR count). The molecule has 1 unspecified atom stereocenters. The van der Waals surface area contributed by atoms with Crippen molar-refractivity contribution in [2.24, 2.45) is 5.41 Å². The lowest BCUT2D eigenvalue weighted by Gasteiger charge is -2.30.